The van der Waals surface area contributed by atoms with Crippen molar-refractivity contribution in [3.05, 3.63) is 29.6 Å². The Bertz CT molecular complexity index is 471. The van der Waals surface area contributed by atoms with Gasteiger partial charge in [0.25, 0.3) is 5.91 Å². The number of hydrogen-bond donors (Lipinski definition) is 2. The smallest absolute Gasteiger partial charge is 0.344 e. The van der Waals surface area contributed by atoms with Gasteiger partial charge in [-0.25, -0.2) is 0 Å². The van der Waals surface area contributed by atoms with Crippen LogP contribution in [0.3, 0.4) is 0 Å². The summed E-state index contributed by atoms with van der Waals surface area (Å²) in [6.45, 7) is 5.79. The zero-order valence-electron chi connectivity index (χ0n) is 11.6. The summed E-state index contributed by atoms with van der Waals surface area (Å²) < 4.78 is 37.2. The highest BCUT2D eigenvalue weighted by molar-refractivity contribution is 5.92. The summed E-state index contributed by atoms with van der Waals surface area (Å²) in [6.07, 6.45) is -3.82. The van der Waals surface area contributed by atoms with Gasteiger partial charge in [-0.1, -0.05) is 13.8 Å². The van der Waals surface area contributed by atoms with Crippen LogP contribution in [0, 0.1) is 5.92 Å². The van der Waals surface area contributed by atoms with Crippen molar-refractivity contribution in [3.63, 3.8) is 0 Å². The predicted octanol–water partition coefficient (Wildman–Crippen LogP) is 2.20. The summed E-state index contributed by atoms with van der Waals surface area (Å²) in [7, 11) is 0. The normalized spacial score (nSPS) is 15.0. The van der Waals surface area contributed by atoms with Crippen LogP contribution in [0.15, 0.2) is 18.3 Å². The molecular formula is C13H18F3N3O. The van der Waals surface area contributed by atoms with E-state index in [-0.39, 0.29) is 18.2 Å². The molecule has 0 bridgehead atoms. The summed E-state index contributed by atoms with van der Waals surface area (Å²) in [5.41, 5.74) is 4.03. The third kappa shape index (κ3) is 3.69. The molecule has 0 aliphatic heterocycles. The van der Waals surface area contributed by atoms with E-state index in [1.807, 2.05) is 13.8 Å². The van der Waals surface area contributed by atoms with Gasteiger partial charge in [-0.2, -0.15) is 13.2 Å². The summed E-state index contributed by atoms with van der Waals surface area (Å²) in [6, 6.07) is 1.88. The maximum Gasteiger partial charge on any atom is 0.417 e. The van der Waals surface area contributed by atoms with Crippen molar-refractivity contribution in [2.75, 3.05) is 6.54 Å². The number of pyridine rings is 1. The molecule has 0 aliphatic carbocycles. The molecule has 0 fully saturated rings. The minimum absolute atomic E-state index is 0.0710. The Morgan fingerprint density at radius 3 is 2.35 bits per heavy atom. The molecule has 4 nitrogen and oxygen atoms in total. The van der Waals surface area contributed by atoms with E-state index in [1.54, 1.807) is 6.92 Å². The molecule has 0 saturated heterocycles. The lowest BCUT2D eigenvalue weighted by Crippen LogP contribution is -2.55. The van der Waals surface area contributed by atoms with E-state index in [2.05, 4.69) is 10.3 Å². The molecule has 1 rings (SSSR count). The van der Waals surface area contributed by atoms with Gasteiger partial charge in [-0.05, 0) is 25.0 Å². The molecule has 1 heterocycles. The molecular weight excluding hydrogens is 271 g/mol. The molecule has 3 N–H and O–H groups in total. The maximum absolute atomic E-state index is 12.4. The van der Waals surface area contributed by atoms with Crippen molar-refractivity contribution in [1.29, 1.82) is 0 Å². The fraction of sp³-hybridized carbons (Fsp3) is 0.538. The van der Waals surface area contributed by atoms with Gasteiger partial charge in [-0.3, -0.25) is 9.78 Å². The largest absolute Gasteiger partial charge is 0.417 e. The van der Waals surface area contributed by atoms with Crippen LogP contribution in [-0.2, 0) is 6.18 Å². The Labute approximate surface area is 115 Å². The summed E-state index contributed by atoms with van der Waals surface area (Å²) in [4.78, 5) is 15.5. The van der Waals surface area contributed by atoms with Gasteiger partial charge in [-0.15, -0.1) is 0 Å². The third-order valence-electron chi connectivity index (χ3n) is 3.42. The van der Waals surface area contributed by atoms with Crippen molar-refractivity contribution >= 4 is 5.91 Å². The minimum Gasteiger partial charge on any atom is -0.344 e. The van der Waals surface area contributed by atoms with Crippen LogP contribution >= 0.6 is 0 Å². The second kappa shape index (κ2) is 5.78. The SMILES string of the molecule is CC(C)C(C)(CN)NC(=O)c1ccc(C(F)(F)F)cn1. The van der Waals surface area contributed by atoms with E-state index in [9.17, 15) is 18.0 Å². The number of amides is 1. The summed E-state index contributed by atoms with van der Waals surface area (Å²) in [5.74, 6) is -0.466. The summed E-state index contributed by atoms with van der Waals surface area (Å²) in [5, 5.41) is 2.71. The van der Waals surface area contributed by atoms with Crippen LogP contribution in [0.5, 0.6) is 0 Å². The molecule has 1 aromatic rings. The van der Waals surface area contributed by atoms with E-state index in [4.69, 9.17) is 5.73 Å². The molecule has 112 valence electrons. The number of carbonyl (C=O) groups excluding carboxylic acids is 1. The lowest BCUT2D eigenvalue weighted by molar-refractivity contribution is -0.137. The van der Waals surface area contributed by atoms with Crippen LogP contribution in [0.1, 0.15) is 36.8 Å². The molecule has 1 atom stereocenters. The fourth-order valence-electron chi connectivity index (χ4n) is 1.45. The van der Waals surface area contributed by atoms with Gasteiger partial charge in [0.15, 0.2) is 0 Å². The van der Waals surface area contributed by atoms with Crippen molar-refractivity contribution in [2.24, 2.45) is 11.7 Å². The second-order valence-corrected chi connectivity index (χ2v) is 5.16. The Kier molecular flexibility index (Phi) is 4.75. The highest BCUT2D eigenvalue weighted by atomic mass is 19.4. The Balaban J connectivity index is 2.89. The van der Waals surface area contributed by atoms with E-state index in [1.165, 1.54) is 0 Å². The standard InChI is InChI=1S/C13H18F3N3O/c1-8(2)12(3,7-17)19-11(20)10-5-4-9(6-18-10)13(14,15)16/h4-6,8H,7,17H2,1-3H3,(H,19,20). The topological polar surface area (TPSA) is 68.0 Å². The first-order chi connectivity index (χ1) is 9.10. The lowest BCUT2D eigenvalue weighted by atomic mass is 9.88. The number of alkyl halides is 3. The first-order valence-electron chi connectivity index (χ1n) is 6.16. The van der Waals surface area contributed by atoms with E-state index in [0.29, 0.717) is 6.20 Å². The van der Waals surface area contributed by atoms with Gasteiger partial charge in [0.05, 0.1) is 11.1 Å². The monoisotopic (exact) mass is 289 g/mol. The molecule has 0 radical (unpaired) electrons. The Morgan fingerprint density at radius 2 is 2.00 bits per heavy atom. The Morgan fingerprint density at radius 1 is 1.40 bits per heavy atom. The number of aromatic nitrogens is 1. The van der Waals surface area contributed by atoms with Crippen LogP contribution < -0.4 is 11.1 Å². The van der Waals surface area contributed by atoms with E-state index >= 15 is 0 Å². The average Bonchev–Trinajstić information content (AvgIpc) is 2.37. The van der Waals surface area contributed by atoms with E-state index < -0.39 is 23.2 Å². The van der Waals surface area contributed by atoms with Gasteiger partial charge in [0, 0.05) is 12.7 Å². The van der Waals surface area contributed by atoms with Gasteiger partial charge in [0.1, 0.15) is 5.69 Å². The number of halogens is 3. The third-order valence-corrected chi connectivity index (χ3v) is 3.42. The molecule has 0 aromatic carbocycles. The second-order valence-electron chi connectivity index (χ2n) is 5.16. The quantitative estimate of drug-likeness (QED) is 0.893. The van der Waals surface area contributed by atoms with Gasteiger partial charge < -0.3 is 11.1 Å². The molecule has 0 spiro atoms. The first kappa shape index (κ1) is 16.4. The van der Waals surface area contributed by atoms with Crippen LogP contribution in [0.2, 0.25) is 0 Å². The highest BCUT2D eigenvalue weighted by Gasteiger charge is 2.32. The predicted molar refractivity (Wildman–Crippen MR) is 69.0 cm³/mol. The number of nitrogens with one attached hydrogen (secondary N) is 1. The number of hydrogen-bond acceptors (Lipinski definition) is 3. The van der Waals surface area contributed by atoms with Gasteiger partial charge >= 0.3 is 6.18 Å². The Hall–Kier alpha value is -1.63. The molecule has 0 aliphatic rings. The lowest BCUT2D eigenvalue weighted by Gasteiger charge is -2.33. The molecule has 20 heavy (non-hydrogen) atoms. The number of nitrogens with two attached hydrogens (primary N) is 1. The molecule has 7 heteroatoms. The fourth-order valence-corrected chi connectivity index (χ4v) is 1.45. The van der Waals surface area contributed by atoms with Crippen molar-refractivity contribution in [3.8, 4) is 0 Å². The summed E-state index contributed by atoms with van der Waals surface area (Å²) >= 11 is 0. The highest BCUT2D eigenvalue weighted by Crippen LogP contribution is 2.28. The minimum atomic E-state index is -4.47. The zero-order valence-corrected chi connectivity index (χ0v) is 11.6. The van der Waals surface area contributed by atoms with Crippen LogP contribution in [-0.4, -0.2) is 23.0 Å². The van der Waals surface area contributed by atoms with Gasteiger partial charge in [0.2, 0.25) is 0 Å². The van der Waals surface area contributed by atoms with Crippen molar-refractivity contribution in [1.82, 2.24) is 10.3 Å². The van der Waals surface area contributed by atoms with Crippen LogP contribution in [0.4, 0.5) is 13.2 Å². The molecule has 1 amide bonds. The number of nitrogens with zero attached hydrogens (tertiary/aromatic N) is 1. The first-order valence-corrected chi connectivity index (χ1v) is 6.16. The van der Waals surface area contributed by atoms with E-state index in [0.717, 1.165) is 12.1 Å². The van der Waals surface area contributed by atoms with Crippen LogP contribution in [0.25, 0.3) is 0 Å². The van der Waals surface area contributed by atoms with Crippen molar-refractivity contribution in [2.45, 2.75) is 32.5 Å². The zero-order chi connectivity index (χ0) is 15.6. The number of rotatable bonds is 4. The molecule has 1 unspecified atom stereocenters. The average molecular weight is 289 g/mol. The maximum atomic E-state index is 12.4. The number of carbonyl (C=O) groups is 1. The molecule has 0 saturated carbocycles. The van der Waals surface area contributed by atoms with Crippen molar-refractivity contribution < 1.29 is 18.0 Å². The molecule has 1 aromatic heterocycles.